The minimum absolute atomic E-state index is 0.209. The molecule has 0 saturated heterocycles. The Morgan fingerprint density at radius 3 is 2.37 bits per heavy atom. The molecule has 1 unspecified atom stereocenters. The Morgan fingerprint density at radius 2 is 1.84 bits per heavy atom. The molecule has 3 heteroatoms. The van der Waals surface area contributed by atoms with Crippen molar-refractivity contribution in [3.8, 4) is 0 Å². The quantitative estimate of drug-likeness (QED) is 0.814. The van der Waals surface area contributed by atoms with Crippen LogP contribution in [0.2, 0.25) is 0 Å². The lowest BCUT2D eigenvalue weighted by atomic mass is 10.0. The fourth-order valence-electron chi connectivity index (χ4n) is 2.74. The van der Waals surface area contributed by atoms with E-state index in [4.69, 9.17) is 0 Å². The van der Waals surface area contributed by atoms with Gasteiger partial charge in [-0.15, -0.1) is 0 Å². The van der Waals surface area contributed by atoms with E-state index in [0.29, 0.717) is 0 Å². The van der Waals surface area contributed by atoms with E-state index in [1.807, 2.05) is 0 Å². The molecule has 1 aliphatic heterocycles. The summed E-state index contributed by atoms with van der Waals surface area (Å²) < 4.78 is 0. The van der Waals surface area contributed by atoms with Crippen LogP contribution in [0, 0.1) is 0 Å². The maximum atomic E-state index is 9.44. The Kier molecular flexibility index (Phi) is 5.83. The van der Waals surface area contributed by atoms with Crippen LogP contribution >= 0.6 is 0 Å². The molecule has 1 atom stereocenters. The van der Waals surface area contributed by atoms with Crippen molar-refractivity contribution in [2.24, 2.45) is 0 Å². The Bertz CT molecular complexity index is 354. The van der Waals surface area contributed by atoms with Gasteiger partial charge in [-0.25, -0.2) is 0 Å². The highest BCUT2D eigenvalue weighted by molar-refractivity contribution is 5.28. The molecule has 2 N–H and O–H groups in total. The van der Waals surface area contributed by atoms with Crippen LogP contribution in [0.15, 0.2) is 24.3 Å². The standard InChI is InChI=1S/C16H26N2O/c1-2-9-17-16(13-19)12-18-10-7-14-5-3-4-6-15(14)8-11-18/h3-6,16-17,19H,2,7-13H2,1H3. The maximum absolute atomic E-state index is 9.44. The molecule has 0 fully saturated rings. The van der Waals surface area contributed by atoms with Crippen LogP contribution in [0.1, 0.15) is 24.5 Å². The molecule has 1 aromatic carbocycles. The van der Waals surface area contributed by atoms with E-state index < -0.39 is 0 Å². The normalized spacial score (nSPS) is 17.8. The van der Waals surface area contributed by atoms with Gasteiger partial charge in [-0.2, -0.15) is 0 Å². The van der Waals surface area contributed by atoms with Gasteiger partial charge in [-0.1, -0.05) is 31.2 Å². The van der Waals surface area contributed by atoms with E-state index in [2.05, 4.69) is 41.4 Å². The molecule has 0 bridgehead atoms. The third-order valence-electron chi connectivity index (χ3n) is 3.90. The van der Waals surface area contributed by atoms with E-state index >= 15 is 0 Å². The van der Waals surface area contributed by atoms with Crippen LogP contribution in [0.5, 0.6) is 0 Å². The van der Waals surface area contributed by atoms with Crippen LogP contribution in [0.4, 0.5) is 0 Å². The summed E-state index contributed by atoms with van der Waals surface area (Å²) in [6.45, 7) is 6.51. The number of benzene rings is 1. The first-order chi connectivity index (χ1) is 9.33. The van der Waals surface area contributed by atoms with E-state index in [1.165, 1.54) is 11.1 Å². The smallest absolute Gasteiger partial charge is 0.0597 e. The Balaban J connectivity index is 1.87. The number of aliphatic hydroxyl groups is 1. The van der Waals surface area contributed by atoms with Gasteiger partial charge in [0.25, 0.3) is 0 Å². The second-order valence-electron chi connectivity index (χ2n) is 5.40. The summed E-state index contributed by atoms with van der Waals surface area (Å²) in [4.78, 5) is 2.48. The first-order valence-electron chi connectivity index (χ1n) is 7.47. The number of hydrogen-bond acceptors (Lipinski definition) is 3. The van der Waals surface area contributed by atoms with Crippen LogP contribution in [0.25, 0.3) is 0 Å². The van der Waals surface area contributed by atoms with Crippen molar-refractivity contribution < 1.29 is 5.11 Å². The third kappa shape index (κ3) is 4.30. The molecular weight excluding hydrogens is 236 g/mol. The summed E-state index contributed by atoms with van der Waals surface area (Å²) in [6, 6.07) is 8.97. The lowest BCUT2D eigenvalue weighted by Crippen LogP contribution is -2.44. The SMILES string of the molecule is CCCNC(CO)CN1CCc2ccccc2CC1. The van der Waals surface area contributed by atoms with Crippen molar-refractivity contribution >= 4 is 0 Å². The summed E-state index contributed by atoms with van der Waals surface area (Å²) in [5.74, 6) is 0. The van der Waals surface area contributed by atoms with Crippen LogP contribution in [-0.2, 0) is 12.8 Å². The first-order valence-corrected chi connectivity index (χ1v) is 7.47. The number of rotatable bonds is 6. The molecule has 106 valence electrons. The van der Waals surface area contributed by atoms with Crippen molar-refractivity contribution in [3.05, 3.63) is 35.4 Å². The molecular formula is C16H26N2O. The average Bonchev–Trinajstić information content (AvgIpc) is 2.66. The van der Waals surface area contributed by atoms with Gasteiger partial charge in [0.15, 0.2) is 0 Å². The molecule has 0 aromatic heterocycles. The minimum atomic E-state index is 0.209. The highest BCUT2D eigenvalue weighted by Crippen LogP contribution is 2.15. The second kappa shape index (κ2) is 7.63. The maximum Gasteiger partial charge on any atom is 0.0597 e. The van der Waals surface area contributed by atoms with Crippen LogP contribution in [0.3, 0.4) is 0 Å². The van der Waals surface area contributed by atoms with E-state index in [9.17, 15) is 5.11 Å². The number of nitrogens with one attached hydrogen (secondary N) is 1. The summed E-state index contributed by atoms with van der Waals surface area (Å²) in [5.41, 5.74) is 2.99. The Labute approximate surface area is 116 Å². The number of aliphatic hydroxyl groups excluding tert-OH is 1. The fraction of sp³-hybridized carbons (Fsp3) is 0.625. The summed E-state index contributed by atoms with van der Waals surface area (Å²) in [6.07, 6.45) is 3.37. The Hall–Kier alpha value is -0.900. The number of nitrogens with zero attached hydrogens (tertiary/aromatic N) is 1. The highest BCUT2D eigenvalue weighted by atomic mass is 16.3. The molecule has 19 heavy (non-hydrogen) atoms. The van der Waals surface area contributed by atoms with Gasteiger partial charge in [0, 0.05) is 25.7 Å². The number of fused-ring (bicyclic) bond motifs is 1. The first kappa shape index (κ1) is 14.5. The monoisotopic (exact) mass is 262 g/mol. The lowest BCUT2D eigenvalue weighted by molar-refractivity contribution is 0.185. The van der Waals surface area contributed by atoms with Gasteiger partial charge in [-0.05, 0) is 36.9 Å². The van der Waals surface area contributed by atoms with E-state index in [1.54, 1.807) is 0 Å². The molecule has 0 aliphatic carbocycles. The molecule has 0 radical (unpaired) electrons. The van der Waals surface area contributed by atoms with Gasteiger partial charge in [-0.3, -0.25) is 0 Å². The van der Waals surface area contributed by atoms with Crippen LogP contribution in [-0.4, -0.2) is 48.8 Å². The molecule has 2 rings (SSSR count). The van der Waals surface area contributed by atoms with E-state index in [0.717, 1.165) is 45.4 Å². The predicted octanol–water partition coefficient (Wildman–Crippen LogP) is 1.45. The molecule has 0 amide bonds. The lowest BCUT2D eigenvalue weighted by Gasteiger charge is -2.25. The molecule has 1 aliphatic rings. The topological polar surface area (TPSA) is 35.5 Å². The molecule has 1 aromatic rings. The van der Waals surface area contributed by atoms with Crippen molar-refractivity contribution in [2.45, 2.75) is 32.2 Å². The van der Waals surface area contributed by atoms with Gasteiger partial charge in [0.1, 0.15) is 0 Å². The van der Waals surface area contributed by atoms with Gasteiger partial charge in [0.2, 0.25) is 0 Å². The van der Waals surface area contributed by atoms with Gasteiger partial charge in [0.05, 0.1) is 6.61 Å². The zero-order chi connectivity index (χ0) is 13.5. The average molecular weight is 262 g/mol. The predicted molar refractivity (Wildman–Crippen MR) is 79.5 cm³/mol. The Morgan fingerprint density at radius 1 is 1.21 bits per heavy atom. The summed E-state index contributed by atoms with van der Waals surface area (Å²) >= 11 is 0. The second-order valence-corrected chi connectivity index (χ2v) is 5.40. The molecule has 0 spiro atoms. The molecule has 1 heterocycles. The van der Waals surface area contributed by atoms with Crippen LogP contribution < -0.4 is 5.32 Å². The van der Waals surface area contributed by atoms with Gasteiger partial charge >= 0.3 is 0 Å². The van der Waals surface area contributed by atoms with E-state index in [-0.39, 0.29) is 12.6 Å². The highest BCUT2D eigenvalue weighted by Gasteiger charge is 2.16. The third-order valence-corrected chi connectivity index (χ3v) is 3.90. The zero-order valence-electron chi connectivity index (χ0n) is 11.9. The van der Waals surface area contributed by atoms with Crippen molar-refractivity contribution in [1.29, 1.82) is 0 Å². The summed E-state index contributed by atoms with van der Waals surface area (Å²) in [5, 5.41) is 12.9. The minimum Gasteiger partial charge on any atom is -0.395 e. The van der Waals surface area contributed by atoms with Gasteiger partial charge < -0.3 is 15.3 Å². The fourth-order valence-corrected chi connectivity index (χ4v) is 2.74. The number of hydrogen-bond donors (Lipinski definition) is 2. The van der Waals surface area contributed by atoms with Crippen molar-refractivity contribution in [2.75, 3.05) is 32.8 Å². The summed E-state index contributed by atoms with van der Waals surface area (Å²) in [7, 11) is 0. The van der Waals surface area contributed by atoms with Crippen molar-refractivity contribution in [3.63, 3.8) is 0 Å². The largest absolute Gasteiger partial charge is 0.395 e. The molecule has 3 nitrogen and oxygen atoms in total. The molecule has 0 saturated carbocycles. The van der Waals surface area contributed by atoms with Crippen molar-refractivity contribution in [1.82, 2.24) is 10.2 Å². The zero-order valence-corrected chi connectivity index (χ0v) is 11.9.